The number of rotatable bonds is 4. The van der Waals surface area contributed by atoms with Crippen LogP contribution in [0.4, 0.5) is 0 Å². The van der Waals surface area contributed by atoms with Crippen molar-refractivity contribution >= 4 is 17.9 Å². The molecule has 2 aromatic carbocycles. The number of benzene rings is 2. The Morgan fingerprint density at radius 2 is 1.95 bits per heavy atom. The summed E-state index contributed by atoms with van der Waals surface area (Å²) >= 11 is 5.80. The fourth-order valence-corrected chi connectivity index (χ4v) is 1.76. The van der Waals surface area contributed by atoms with Crippen LogP contribution in [0, 0.1) is 11.3 Å². The first-order valence-electron chi connectivity index (χ1n) is 5.59. The molecule has 4 heteroatoms. The molecular weight excluding hydrogens is 262 g/mol. The Kier molecular flexibility index (Phi) is 4.17. The second-order valence-corrected chi connectivity index (χ2v) is 4.33. The summed E-state index contributed by atoms with van der Waals surface area (Å²) in [6.45, 7) is 0.328. The third-order valence-corrected chi connectivity index (χ3v) is 2.81. The number of hydrogen-bond acceptors (Lipinski definition) is 3. The molecule has 19 heavy (non-hydrogen) atoms. The highest BCUT2D eigenvalue weighted by atomic mass is 35.5. The van der Waals surface area contributed by atoms with E-state index >= 15 is 0 Å². The summed E-state index contributed by atoms with van der Waals surface area (Å²) in [7, 11) is 0. The molecule has 0 atom stereocenters. The Balaban J connectivity index is 2.10. The first-order valence-corrected chi connectivity index (χ1v) is 5.97. The lowest BCUT2D eigenvalue weighted by Gasteiger charge is -2.08. The minimum Gasteiger partial charge on any atom is -0.488 e. The molecule has 2 aromatic rings. The predicted molar refractivity (Wildman–Crippen MR) is 72.3 cm³/mol. The van der Waals surface area contributed by atoms with Crippen LogP contribution in [-0.2, 0) is 6.61 Å². The number of halogens is 1. The molecule has 94 valence electrons. The minimum atomic E-state index is 0.328. The van der Waals surface area contributed by atoms with Gasteiger partial charge in [-0.15, -0.1) is 0 Å². The first kappa shape index (κ1) is 13.1. The molecule has 0 aromatic heterocycles. The molecule has 0 bridgehead atoms. The van der Waals surface area contributed by atoms with Gasteiger partial charge in [-0.2, -0.15) is 5.26 Å². The van der Waals surface area contributed by atoms with E-state index in [2.05, 4.69) is 6.07 Å². The van der Waals surface area contributed by atoms with Crippen LogP contribution in [0.25, 0.3) is 0 Å². The number of carbonyl (C=O) groups is 1. The summed E-state index contributed by atoms with van der Waals surface area (Å²) in [5, 5.41) is 9.19. The Morgan fingerprint density at radius 3 is 2.58 bits per heavy atom. The fourth-order valence-electron chi connectivity index (χ4n) is 1.58. The molecule has 0 saturated carbocycles. The van der Waals surface area contributed by atoms with Crippen LogP contribution in [0.15, 0.2) is 42.5 Å². The number of hydrogen-bond donors (Lipinski definition) is 0. The Morgan fingerprint density at radius 1 is 1.21 bits per heavy atom. The van der Waals surface area contributed by atoms with E-state index < -0.39 is 0 Å². The second-order valence-electron chi connectivity index (χ2n) is 3.90. The van der Waals surface area contributed by atoms with E-state index in [1.165, 1.54) is 0 Å². The third kappa shape index (κ3) is 3.34. The molecule has 0 unspecified atom stereocenters. The molecule has 0 spiro atoms. The molecule has 0 heterocycles. The van der Waals surface area contributed by atoms with Crippen molar-refractivity contribution in [3.8, 4) is 11.8 Å². The Hall–Kier alpha value is -2.31. The van der Waals surface area contributed by atoms with Gasteiger partial charge in [-0.25, -0.2) is 0 Å². The van der Waals surface area contributed by atoms with Crippen LogP contribution in [0.3, 0.4) is 0 Å². The van der Waals surface area contributed by atoms with Gasteiger partial charge in [0.05, 0.1) is 17.2 Å². The van der Waals surface area contributed by atoms with Gasteiger partial charge >= 0.3 is 0 Å². The highest BCUT2D eigenvalue weighted by Crippen LogP contribution is 2.22. The van der Waals surface area contributed by atoms with Crippen molar-refractivity contribution in [1.82, 2.24) is 0 Å². The molecule has 0 fully saturated rings. The van der Waals surface area contributed by atoms with E-state index in [0.717, 1.165) is 5.56 Å². The average molecular weight is 272 g/mol. The molecule has 2 rings (SSSR count). The number of nitriles is 1. The van der Waals surface area contributed by atoms with Crippen molar-refractivity contribution in [1.29, 1.82) is 5.26 Å². The van der Waals surface area contributed by atoms with E-state index in [1.807, 2.05) is 12.1 Å². The maximum atomic E-state index is 10.9. The molecule has 0 radical (unpaired) electrons. The average Bonchev–Trinajstić information content (AvgIpc) is 2.46. The Bertz CT molecular complexity index is 630. The predicted octanol–water partition coefficient (Wildman–Crippen LogP) is 3.60. The monoisotopic (exact) mass is 271 g/mol. The van der Waals surface area contributed by atoms with E-state index in [9.17, 15) is 4.79 Å². The summed E-state index contributed by atoms with van der Waals surface area (Å²) < 4.78 is 5.57. The van der Waals surface area contributed by atoms with Gasteiger partial charge in [-0.3, -0.25) is 4.79 Å². The van der Waals surface area contributed by atoms with Crippen LogP contribution in [0.1, 0.15) is 21.5 Å². The van der Waals surface area contributed by atoms with Gasteiger partial charge in [0.15, 0.2) is 6.29 Å². The zero-order valence-electron chi connectivity index (χ0n) is 9.97. The number of nitrogens with zero attached hydrogens (tertiary/aromatic N) is 1. The lowest BCUT2D eigenvalue weighted by Crippen LogP contribution is -1.98. The first-order chi connectivity index (χ1) is 9.22. The third-order valence-electron chi connectivity index (χ3n) is 2.58. The highest BCUT2D eigenvalue weighted by Gasteiger charge is 2.04. The van der Waals surface area contributed by atoms with Gasteiger partial charge in [0.25, 0.3) is 0 Å². The molecular formula is C15H10ClNO2. The molecule has 0 amide bonds. The lowest BCUT2D eigenvalue weighted by molar-refractivity contribution is 0.111. The molecule has 0 aliphatic carbocycles. The van der Waals surface area contributed by atoms with Gasteiger partial charge in [-0.1, -0.05) is 23.7 Å². The van der Waals surface area contributed by atoms with Gasteiger partial charge in [0.2, 0.25) is 0 Å². The molecule has 0 aliphatic rings. The lowest BCUT2D eigenvalue weighted by atomic mass is 10.1. The Labute approximate surface area is 116 Å². The molecule has 0 saturated heterocycles. The summed E-state index contributed by atoms with van der Waals surface area (Å²) in [6.07, 6.45) is 0.708. The number of aldehydes is 1. The van der Waals surface area contributed by atoms with Crippen molar-refractivity contribution < 1.29 is 9.53 Å². The molecule has 0 N–H and O–H groups in total. The van der Waals surface area contributed by atoms with E-state index in [-0.39, 0.29) is 0 Å². The molecule has 0 aliphatic heterocycles. The zero-order valence-corrected chi connectivity index (χ0v) is 10.7. The van der Waals surface area contributed by atoms with Crippen molar-refractivity contribution in [2.75, 3.05) is 0 Å². The van der Waals surface area contributed by atoms with Crippen LogP contribution >= 0.6 is 11.6 Å². The quantitative estimate of drug-likeness (QED) is 0.798. The summed E-state index contributed by atoms with van der Waals surface area (Å²) in [5.41, 5.74) is 1.94. The van der Waals surface area contributed by atoms with E-state index in [0.29, 0.717) is 34.8 Å². The SMILES string of the molecule is N#Cc1ccc(COc2ccc(Cl)cc2C=O)cc1. The van der Waals surface area contributed by atoms with Crippen molar-refractivity contribution in [3.05, 3.63) is 64.2 Å². The van der Waals surface area contributed by atoms with Gasteiger partial charge in [-0.05, 0) is 35.9 Å². The largest absolute Gasteiger partial charge is 0.488 e. The van der Waals surface area contributed by atoms with Crippen molar-refractivity contribution in [2.24, 2.45) is 0 Å². The van der Waals surface area contributed by atoms with E-state index in [4.69, 9.17) is 21.6 Å². The summed E-state index contributed by atoms with van der Waals surface area (Å²) in [6, 6.07) is 14.0. The second kappa shape index (κ2) is 6.03. The number of ether oxygens (including phenoxy) is 1. The van der Waals surface area contributed by atoms with Gasteiger partial charge < -0.3 is 4.74 Å². The zero-order chi connectivity index (χ0) is 13.7. The van der Waals surface area contributed by atoms with Crippen LogP contribution in [0.2, 0.25) is 5.02 Å². The van der Waals surface area contributed by atoms with Crippen molar-refractivity contribution in [2.45, 2.75) is 6.61 Å². The fraction of sp³-hybridized carbons (Fsp3) is 0.0667. The maximum absolute atomic E-state index is 10.9. The number of carbonyl (C=O) groups excluding carboxylic acids is 1. The maximum Gasteiger partial charge on any atom is 0.153 e. The van der Waals surface area contributed by atoms with Crippen molar-refractivity contribution in [3.63, 3.8) is 0 Å². The molecule has 3 nitrogen and oxygen atoms in total. The topological polar surface area (TPSA) is 50.1 Å². The van der Waals surface area contributed by atoms with Crippen LogP contribution in [0.5, 0.6) is 5.75 Å². The minimum absolute atomic E-state index is 0.328. The standard InChI is InChI=1S/C15H10ClNO2/c16-14-5-6-15(13(7-14)9-18)19-10-12-3-1-11(8-17)2-4-12/h1-7,9H,10H2. The van der Waals surface area contributed by atoms with Crippen LogP contribution < -0.4 is 4.74 Å². The summed E-state index contributed by atoms with van der Waals surface area (Å²) in [4.78, 5) is 10.9. The van der Waals surface area contributed by atoms with Gasteiger partial charge in [0, 0.05) is 5.02 Å². The van der Waals surface area contributed by atoms with E-state index in [1.54, 1.807) is 30.3 Å². The normalized spacial score (nSPS) is 9.68. The van der Waals surface area contributed by atoms with Gasteiger partial charge in [0.1, 0.15) is 12.4 Å². The highest BCUT2D eigenvalue weighted by molar-refractivity contribution is 6.30. The van der Waals surface area contributed by atoms with Crippen LogP contribution in [-0.4, -0.2) is 6.29 Å². The summed E-state index contributed by atoms with van der Waals surface area (Å²) in [5.74, 6) is 0.490. The smallest absolute Gasteiger partial charge is 0.153 e.